The van der Waals surface area contributed by atoms with Crippen LogP contribution in [0, 0.1) is 6.92 Å². The molecule has 168 valence electrons. The Bertz CT molecular complexity index is 734. The van der Waals surface area contributed by atoms with Crippen LogP contribution >= 0.6 is 0 Å². The summed E-state index contributed by atoms with van der Waals surface area (Å²) in [4.78, 5) is 25.9. The number of benzene rings is 1. The van der Waals surface area contributed by atoms with Crippen molar-refractivity contribution in [2.45, 2.75) is 45.5 Å². The molecule has 10 heteroatoms. The lowest BCUT2D eigenvalue weighted by atomic mass is 10.1. The molecule has 1 saturated heterocycles. The molecule has 1 amide bonds. The number of rotatable bonds is 8. The second-order valence-corrected chi connectivity index (χ2v) is 7.29. The lowest BCUT2D eigenvalue weighted by Gasteiger charge is -2.35. The average Bonchev–Trinajstić information content (AvgIpc) is 2.66. The van der Waals surface area contributed by atoms with Crippen molar-refractivity contribution < 1.29 is 37.3 Å². The third-order valence-electron chi connectivity index (χ3n) is 4.78. The van der Waals surface area contributed by atoms with Crippen molar-refractivity contribution >= 4 is 12.1 Å². The predicted molar refractivity (Wildman–Crippen MR) is 102 cm³/mol. The van der Waals surface area contributed by atoms with Crippen LogP contribution in [0.1, 0.15) is 30.9 Å². The van der Waals surface area contributed by atoms with E-state index in [-0.39, 0.29) is 19.5 Å². The summed E-state index contributed by atoms with van der Waals surface area (Å²) in [6.45, 7) is 5.09. The van der Waals surface area contributed by atoms with Crippen molar-refractivity contribution in [3.63, 3.8) is 0 Å². The fourth-order valence-corrected chi connectivity index (χ4v) is 2.95. The number of aliphatic carboxylic acids is 1. The molecule has 1 N–H and O–H groups in total. The summed E-state index contributed by atoms with van der Waals surface area (Å²) in [6, 6.07) is 5.78. The first-order valence-electron chi connectivity index (χ1n) is 9.75. The van der Waals surface area contributed by atoms with E-state index in [9.17, 15) is 22.8 Å². The standard InChI is InChI=1S/C20H27F3N2O5/c1-14-5-6-16(17(12-14)29-11-3-4-18(26)27)13-24-7-9-25(10-8-24)19(28)30-15(2)20(21,22)23/h5-6,12,15H,3-4,7-11,13H2,1-2H3,(H,26,27). The number of halogens is 3. The van der Waals surface area contributed by atoms with Crippen molar-refractivity contribution in [1.82, 2.24) is 9.80 Å². The zero-order valence-electron chi connectivity index (χ0n) is 17.1. The number of carboxylic acid groups (broad SMARTS) is 1. The molecule has 1 fully saturated rings. The highest BCUT2D eigenvalue weighted by molar-refractivity contribution is 5.68. The highest BCUT2D eigenvalue weighted by atomic mass is 19.4. The van der Waals surface area contributed by atoms with E-state index in [2.05, 4.69) is 9.64 Å². The van der Waals surface area contributed by atoms with Gasteiger partial charge in [0.2, 0.25) is 0 Å². The first kappa shape index (κ1) is 23.8. The van der Waals surface area contributed by atoms with Crippen molar-refractivity contribution in [1.29, 1.82) is 0 Å². The molecule has 1 aliphatic heterocycles. The molecule has 0 radical (unpaired) electrons. The maximum Gasteiger partial charge on any atom is 0.425 e. The second kappa shape index (κ2) is 10.5. The van der Waals surface area contributed by atoms with Crippen LogP contribution in [0.2, 0.25) is 0 Å². The molecule has 0 saturated carbocycles. The maximum atomic E-state index is 12.6. The van der Waals surface area contributed by atoms with Gasteiger partial charge in [-0.25, -0.2) is 4.79 Å². The Labute approximate surface area is 173 Å². The van der Waals surface area contributed by atoms with Crippen LogP contribution in [-0.4, -0.2) is 72.0 Å². The zero-order chi connectivity index (χ0) is 22.3. The Morgan fingerprint density at radius 1 is 1.20 bits per heavy atom. The first-order valence-corrected chi connectivity index (χ1v) is 9.75. The summed E-state index contributed by atoms with van der Waals surface area (Å²) in [6.07, 6.45) is -7.25. The average molecular weight is 432 g/mol. The fraction of sp³-hybridized carbons (Fsp3) is 0.600. The van der Waals surface area contributed by atoms with E-state index in [1.807, 2.05) is 25.1 Å². The quantitative estimate of drug-likeness (QED) is 0.634. The molecule has 0 bridgehead atoms. The van der Waals surface area contributed by atoms with Gasteiger partial charge in [-0.3, -0.25) is 9.69 Å². The molecule has 1 atom stereocenters. The number of piperazine rings is 1. The van der Waals surface area contributed by atoms with Crippen molar-refractivity contribution in [3.05, 3.63) is 29.3 Å². The zero-order valence-corrected chi connectivity index (χ0v) is 17.1. The number of nitrogens with zero attached hydrogens (tertiary/aromatic N) is 2. The summed E-state index contributed by atoms with van der Waals surface area (Å²) in [7, 11) is 0. The Hall–Kier alpha value is -2.49. The van der Waals surface area contributed by atoms with E-state index in [1.54, 1.807) is 0 Å². The van der Waals surface area contributed by atoms with Crippen LogP contribution in [-0.2, 0) is 16.1 Å². The predicted octanol–water partition coefficient (Wildman–Crippen LogP) is 3.44. The Morgan fingerprint density at radius 2 is 1.87 bits per heavy atom. The van der Waals surface area contributed by atoms with Gasteiger partial charge >= 0.3 is 18.2 Å². The summed E-state index contributed by atoms with van der Waals surface area (Å²) in [5.41, 5.74) is 1.94. The van der Waals surface area contributed by atoms with Crippen LogP contribution in [0.25, 0.3) is 0 Å². The molecule has 7 nitrogen and oxygen atoms in total. The number of hydrogen-bond acceptors (Lipinski definition) is 5. The van der Waals surface area contributed by atoms with Gasteiger partial charge in [0.1, 0.15) is 5.75 Å². The van der Waals surface area contributed by atoms with E-state index in [0.29, 0.717) is 38.4 Å². The number of amides is 1. The van der Waals surface area contributed by atoms with Gasteiger partial charge in [0.15, 0.2) is 6.10 Å². The van der Waals surface area contributed by atoms with Crippen LogP contribution in [0.3, 0.4) is 0 Å². The van der Waals surface area contributed by atoms with Gasteiger partial charge < -0.3 is 19.5 Å². The third kappa shape index (κ3) is 7.40. The number of carbonyl (C=O) groups excluding carboxylic acids is 1. The van der Waals surface area contributed by atoms with Crippen LogP contribution in [0.5, 0.6) is 5.75 Å². The molecule has 0 aliphatic carbocycles. The summed E-state index contributed by atoms with van der Waals surface area (Å²) in [5, 5.41) is 8.72. The number of alkyl halides is 3. The fourth-order valence-electron chi connectivity index (χ4n) is 2.95. The first-order chi connectivity index (χ1) is 14.1. The summed E-state index contributed by atoms with van der Waals surface area (Å²) < 4.78 is 47.9. The molecule has 1 aliphatic rings. The van der Waals surface area contributed by atoms with Crippen molar-refractivity contribution in [2.24, 2.45) is 0 Å². The van der Waals surface area contributed by atoms with E-state index >= 15 is 0 Å². The highest BCUT2D eigenvalue weighted by Crippen LogP contribution is 2.25. The Kier molecular flexibility index (Phi) is 8.33. The van der Waals surface area contributed by atoms with E-state index in [0.717, 1.165) is 18.1 Å². The topological polar surface area (TPSA) is 79.3 Å². The number of hydrogen-bond donors (Lipinski definition) is 1. The van der Waals surface area contributed by atoms with Crippen LogP contribution < -0.4 is 4.74 Å². The second-order valence-electron chi connectivity index (χ2n) is 7.29. The minimum absolute atomic E-state index is 0.0339. The van der Waals surface area contributed by atoms with Gasteiger partial charge in [-0.2, -0.15) is 13.2 Å². The van der Waals surface area contributed by atoms with Crippen molar-refractivity contribution in [3.8, 4) is 5.75 Å². The summed E-state index contributed by atoms with van der Waals surface area (Å²) in [5.74, 6) is -0.190. The van der Waals surface area contributed by atoms with E-state index in [1.165, 1.54) is 4.90 Å². The van der Waals surface area contributed by atoms with E-state index < -0.39 is 24.3 Å². The van der Waals surface area contributed by atoms with Gasteiger partial charge in [0, 0.05) is 44.7 Å². The van der Waals surface area contributed by atoms with Crippen LogP contribution in [0.15, 0.2) is 18.2 Å². The molecule has 1 heterocycles. The Morgan fingerprint density at radius 3 is 2.47 bits per heavy atom. The van der Waals surface area contributed by atoms with Crippen molar-refractivity contribution in [2.75, 3.05) is 32.8 Å². The van der Waals surface area contributed by atoms with Gasteiger partial charge in [-0.05, 0) is 31.9 Å². The normalized spacial score (nSPS) is 16.2. The SMILES string of the molecule is Cc1ccc(CN2CCN(C(=O)OC(C)C(F)(F)F)CC2)c(OCCCC(=O)O)c1. The number of carboxylic acids is 1. The molecular weight excluding hydrogens is 405 g/mol. The van der Waals surface area contributed by atoms with E-state index in [4.69, 9.17) is 9.84 Å². The molecule has 1 unspecified atom stereocenters. The lowest BCUT2D eigenvalue weighted by Crippen LogP contribution is -2.49. The molecule has 2 rings (SSSR count). The minimum Gasteiger partial charge on any atom is -0.493 e. The minimum atomic E-state index is -4.58. The Balaban J connectivity index is 1.87. The molecular formula is C20H27F3N2O5. The van der Waals surface area contributed by atoms with Gasteiger partial charge in [0.05, 0.1) is 6.61 Å². The lowest BCUT2D eigenvalue weighted by molar-refractivity contribution is -0.200. The largest absolute Gasteiger partial charge is 0.493 e. The summed E-state index contributed by atoms with van der Waals surface area (Å²) >= 11 is 0. The van der Waals surface area contributed by atoms with Gasteiger partial charge in [-0.1, -0.05) is 12.1 Å². The molecule has 0 spiro atoms. The smallest absolute Gasteiger partial charge is 0.425 e. The maximum absolute atomic E-state index is 12.6. The number of ether oxygens (including phenoxy) is 2. The third-order valence-corrected chi connectivity index (χ3v) is 4.78. The molecule has 1 aromatic rings. The number of aryl methyl sites for hydroxylation is 1. The van der Waals surface area contributed by atoms with Gasteiger partial charge in [-0.15, -0.1) is 0 Å². The molecule has 30 heavy (non-hydrogen) atoms. The molecule has 1 aromatic carbocycles. The van der Waals surface area contributed by atoms with Crippen LogP contribution in [0.4, 0.5) is 18.0 Å². The highest BCUT2D eigenvalue weighted by Gasteiger charge is 2.40. The monoisotopic (exact) mass is 432 g/mol. The molecule has 0 aromatic heterocycles. The van der Waals surface area contributed by atoms with Gasteiger partial charge in [0.25, 0.3) is 0 Å². The number of carbonyl (C=O) groups is 2.